The van der Waals surface area contributed by atoms with Gasteiger partial charge in [-0.1, -0.05) is 0 Å². The molecule has 0 N–H and O–H groups in total. The Morgan fingerprint density at radius 3 is 2.11 bits per heavy atom. The molecule has 1 aromatic carbocycles. The van der Waals surface area contributed by atoms with Crippen molar-refractivity contribution in [1.82, 2.24) is 0 Å². The Bertz CT molecular complexity index is 701. The fraction of sp³-hybridized carbons (Fsp3) is 0.524. The molecule has 0 saturated heterocycles. The van der Waals surface area contributed by atoms with Gasteiger partial charge in [0.1, 0.15) is 0 Å². The number of hydrogen-bond acceptors (Lipinski definition) is 1. The van der Waals surface area contributed by atoms with Gasteiger partial charge < -0.3 is 0 Å². The predicted molar refractivity (Wildman–Crippen MR) is 128 cm³/mol. The summed E-state index contributed by atoms with van der Waals surface area (Å²) in [6.45, 7) is 20.6. The van der Waals surface area contributed by atoms with Gasteiger partial charge in [-0.2, -0.15) is 0 Å². The summed E-state index contributed by atoms with van der Waals surface area (Å²) < 4.78 is 8.54. The average Bonchev–Trinajstić information content (AvgIpc) is 2.92. The van der Waals surface area contributed by atoms with E-state index in [-0.39, 0.29) is 30.2 Å². The first-order valence-corrected chi connectivity index (χ1v) is 20.0. The van der Waals surface area contributed by atoms with E-state index in [2.05, 4.69) is 90.8 Å². The van der Waals surface area contributed by atoms with Crippen LogP contribution in [0.15, 0.2) is 39.8 Å². The molecule has 0 radical (unpaired) electrons. The molecule has 0 saturated carbocycles. The Kier molecular flexibility index (Phi) is 10.4. The summed E-state index contributed by atoms with van der Waals surface area (Å²) in [4.78, 5) is 0. The van der Waals surface area contributed by atoms with Gasteiger partial charge in [-0.3, -0.25) is 0 Å². The number of halogens is 2. The largest absolute Gasteiger partial charge is 0.147 e. The van der Waals surface area contributed by atoms with E-state index < -0.39 is 32.3 Å². The SMILES string of the molecule is Cc1cc([O][Ti]([C]2=C(C(C)(C)C)C=CC2)[SiH](C)C)cc([Si](C)(C)C)c1.Cl.Cl. The van der Waals surface area contributed by atoms with E-state index in [4.69, 9.17) is 3.32 Å². The van der Waals surface area contributed by atoms with Crippen LogP contribution in [0.4, 0.5) is 0 Å². The first kappa shape index (κ1) is 27.2. The zero-order valence-corrected chi connectivity index (χ0v) is 23.7. The van der Waals surface area contributed by atoms with E-state index in [1.165, 1.54) is 10.8 Å². The first-order chi connectivity index (χ1) is 11.4. The van der Waals surface area contributed by atoms with Crippen molar-refractivity contribution in [2.75, 3.05) is 0 Å². The summed E-state index contributed by atoms with van der Waals surface area (Å²) >= 11 is -1.70. The molecule has 0 aromatic heterocycles. The smallest absolute Gasteiger partial charge is 0.147 e. The van der Waals surface area contributed by atoms with Crippen LogP contribution in [0, 0.1) is 12.3 Å². The number of aryl methyl sites for hydroxylation is 1. The zero-order valence-electron chi connectivity index (χ0n) is 18.4. The molecule has 153 valence electrons. The van der Waals surface area contributed by atoms with Crippen LogP contribution in [-0.2, 0) is 17.5 Å². The number of hydrogen-bond donors (Lipinski definition) is 0. The van der Waals surface area contributed by atoms with Crippen molar-refractivity contribution in [3.8, 4) is 5.75 Å². The van der Waals surface area contributed by atoms with Crippen molar-refractivity contribution in [1.29, 1.82) is 0 Å². The Morgan fingerprint density at radius 1 is 1.04 bits per heavy atom. The second-order valence-corrected chi connectivity index (χ2v) is 27.0. The van der Waals surface area contributed by atoms with Gasteiger partial charge >= 0.3 is 164 Å². The summed E-state index contributed by atoms with van der Waals surface area (Å²) in [5.74, 6) is 1.14. The molecule has 0 fully saturated rings. The minimum Gasteiger partial charge on any atom is -0.147 e. The third-order valence-electron chi connectivity index (χ3n) is 4.71. The summed E-state index contributed by atoms with van der Waals surface area (Å²) in [5.41, 5.74) is 3.12. The van der Waals surface area contributed by atoms with Crippen LogP contribution in [0.5, 0.6) is 5.75 Å². The molecule has 0 unspecified atom stereocenters. The summed E-state index contributed by atoms with van der Waals surface area (Å²) in [7, 11) is -1.32. The minimum absolute atomic E-state index is 0. The quantitative estimate of drug-likeness (QED) is 0.435. The topological polar surface area (TPSA) is 9.23 Å². The number of rotatable bonds is 5. The van der Waals surface area contributed by atoms with Gasteiger partial charge in [0.05, 0.1) is 0 Å². The van der Waals surface area contributed by atoms with Gasteiger partial charge in [0.25, 0.3) is 0 Å². The first-order valence-electron chi connectivity index (χ1n) is 9.47. The van der Waals surface area contributed by atoms with Gasteiger partial charge in [0.2, 0.25) is 0 Å². The maximum absolute atomic E-state index is 6.85. The van der Waals surface area contributed by atoms with E-state index in [0.29, 0.717) is 0 Å². The number of benzene rings is 1. The van der Waals surface area contributed by atoms with E-state index in [1.807, 2.05) is 0 Å². The van der Waals surface area contributed by atoms with E-state index >= 15 is 0 Å². The molecule has 0 heterocycles. The molecule has 0 aliphatic heterocycles. The Hall–Kier alpha value is 0.228. The molecule has 1 aromatic rings. The molecule has 0 amide bonds. The molecule has 1 nitrogen and oxygen atoms in total. The summed E-state index contributed by atoms with van der Waals surface area (Å²) in [6, 6.07) is 6.97. The molecule has 6 heteroatoms. The van der Waals surface area contributed by atoms with Crippen molar-refractivity contribution in [3.63, 3.8) is 0 Å². The molecule has 1 aliphatic rings. The molecule has 27 heavy (non-hydrogen) atoms. The van der Waals surface area contributed by atoms with Crippen molar-refractivity contribution >= 4 is 44.7 Å². The van der Waals surface area contributed by atoms with Gasteiger partial charge in [0.15, 0.2) is 0 Å². The van der Waals surface area contributed by atoms with Gasteiger partial charge in [-0.25, -0.2) is 0 Å². The van der Waals surface area contributed by atoms with Crippen LogP contribution in [0.1, 0.15) is 32.8 Å². The monoisotopic (exact) mass is 479 g/mol. The van der Waals surface area contributed by atoms with Crippen molar-refractivity contribution < 1.29 is 20.8 Å². The summed E-state index contributed by atoms with van der Waals surface area (Å²) in [6.07, 6.45) is 5.85. The zero-order chi connectivity index (χ0) is 19.0. The molecule has 0 spiro atoms. The molecule has 0 atom stereocenters. The molecular weight excluding hydrogens is 443 g/mol. The van der Waals surface area contributed by atoms with Crippen LogP contribution in [0.25, 0.3) is 0 Å². The van der Waals surface area contributed by atoms with Crippen LogP contribution < -0.4 is 8.51 Å². The van der Waals surface area contributed by atoms with Crippen molar-refractivity contribution in [3.05, 3.63) is 45.4 Å². The standard InChI is InChI=1S/C10H16OSi.C9H13.C2H7Si.2ClH.Ti/c1-8-5-9(11)7-10(6-8)12(2,3)4;1-9(2,3)8-6-4-5-7-8;1-3-2;;;/h5-7,11H,1-4H3;4,6H,5H2,1-3H3;3H,1-2H3;2*1H;/q;;;;;+1/p-1. The maximum Gasteiger partial charge on any atom is -0.147 e. The fourth-order valence-electron chi connectivity index (χ4n) is 3.34. The Balaban J connectivity index is 0.00000338. The van der Waals surface area contributed by atoms with E-state index in [1.54, 1.807) is 9.45 Å². The Labute approximate surface area is 188 Å². The fourth-order valence-corrected chi connectivity index (χ4v) is 14.0. The van der Waals surface area contributed by atoms with Gasteiger partial charge in [-0.05, 0) is 0 Å². The van der Waals surface area contributed by atoms with Crippen LogP contribution in [-0.4, -0.2) is 14.7 Å². The van der Waals surface area contributed by atoms with Crippen LogP contribution in [0.3, 0.4) is 0 Å². The van der Waals surface area contributed by atoms with Gasteiger partial charge in [0, 0.05) is 0 Å². The maximum atomic E-state index is 6.85. The molecule has 1 aliphatic carbocycles. The predicted octanol–water partition coefficient (Wildman–Crippen LogP) is 6.54. The molecule has 2 rings (SSSR count). The third kappa shape index (κ3) is 7.20. The normalized spacial score (nSPS) is 14.1. The van der Waals surface area contributed by atoms with E-state index in [0.717, 1.165) is 12.2 Å². The summed E-state index contributed by atoms with van der Waals surface area (Å²) in [5, 5.41) is 1.51. The van der Waals surface area contributed by atoms with E-state index in [9.17, 15) is 0 Å². The minimum atomic E-state index is -1.70. The second kappa shape index (κ2) is 10.3. The third-order valence-corrected chi connectivity index (χ3v) is 17.0. The Morgan fingerprint density at radius 2 is 1.63 bits per heavy atom. The van der Waals surface area contributed by atoms with Crippen LogP contribution in [0.2, 0.25) is 32.7 Å². The second-order valence-electron chi connectivity index (χ2n) is 9.65. The number of allylic oxidation sites excluding steroid dienone is 4. The van der Waals surface area contributed by atoms with Crippen molar-refractivity contribution in [2.45, 2.75) is 66.9 Å². The molecular formula is C21H37Cl2OSi2Ti. The van der Waals surface area contributed by atoms with Crippen molar-refractivity contribution in [2.24, 2.45) is 5.41 Å². The van der Waals surface area contributed by atoms with Crippen LogP contribution >= 0.6 is 24.8 Å². The van der Waals surface area contributed by atoms with Gasteiger partial charge in [-0.15, -0.1) is 24.8 Å². The molecule has 0 bridgehead atoms. The average molecular weight is 480 g/mol.